The van der Waals surface area contributed by atoms with E-state index in [1.807, 2.05) is 0 Å². The van der Waals surface area contributed by atoms with Crippen LogP contribution in [0.15, 0.2) is 146 Å². The van der Waals surface area contributed by atoms with Gasteiger partial charge in [-0.2, -0.15) is 24.3 Å². The second-order valence-electron chi connectivity index (χ2n) is 24.6. The normalized spacial score (nSPS) is 14.3. The number of hydrogen-bond donors (Lipinski definition) is 0. The molecule has 0 bridgehead atoms. The zero-order chi connectivity index (χ0) is 53.3. The molecule has 76 heavy (non-hydrogen) atoms. The zero-order valence-corrected chi connectivity index (χ0v) is 60.5. The maximum atomic E-state index is 2.43. The van der Waals surface area contributed by atoms with E-state index in [1.165, 1.54) is 68.8 Å². The van der Waals surface area contributed by atoms with Gasteiger partial charge in [0, 0.05) is 0 Å². The fourth-order valence-corrected chi connectivity index (χ4v) is 26.0. The molecule has 0 saturated carbocycles. The molecular formula is C68H96Cl2P4Zr2-2. The van der Waals surface area contributed by atoms with Crippen molar-refractivity contribution < 1.29 is 77.2 Å². The van der Waals surface area contributed by atoms with E-state index in [2.05, 4.69) is 284 Å². The minimum Gasteiger partial charge on any atom is -1.00 e. The quantitative estimate of drug-likeness (QED) is 0.0845. The predicted octanol–water partition coefficient (Wildman–Crippen LogP) is 15.1. The van der Waals surface area contributed by atoms with Gasteiger partial charge in [-0.3, -0.25) is 0 Å². The predicted molar refractivity (Wildman–Crippen MR) is 342 cm³/mol. The van der Waals surface area contributed by atoms with E-state index in [-0.39, 0.29) is 109 Å². The third kappa shape index (κ3) is 19.8. The van der Waals surface area contributed by atoms with Crippen LogP contribution in [0.3, 0.4) is 0 Å². The smallest absolute Gasteiger partial charge is 1.00 e. The van der Waals surface area contributed by atoms with Crippen LogP contribution in [0.2, 0.25) is 0 Å². The Labute approximate surface area is 521 Å². The molecule has 0 radical (unpaired) electrons. The Bertz CT molecular complexity index is 2500. The summed E-state index contributed by atoms with van der Waals surface area (Å²) in [5.74, 6) is 0. The summed E-state index contributed by atoms with van der Waals surface area (Å²) in [4.78, 5) is 0. The van der Waals surface area contributed by atoms with Crippen molar-refractivity contribution in [2.24, 2.45) is 0 Å². The van der Waals surface area contributed by atoms with Crippen LogP contribution in [0.25, 0.3) is 43.1 Å². The molecule has 0 aliphatic heterocycles. The molecule has 0 fully saturated rings. The van der Waals surface area contributed by atoms with Gasteiger partial charge in [-0.05, 0) is 68.9 Å². The van der Waals surface area contributed by atoms with E-state index < -0.39 is 0 Å². The van der Waals surface area contributed by atoms with Crippen molar-refractivity contribution in [3.63, 3.8) is 0 Å². The maximum Gasteiger partial charge on any atom is 2.00 e. The molecule has 412 valence electrons. The molecule has 0 aliphatic rings. The zero-order valence-electron chi connectivity index (χ0n) is 50.5. The van der Waals surface area contributed by atoms with Crippen LogP contribution in [-0.2, 0) is 52.4 Å². The van der Waals surface area contributed by atoms with Crippen LogP contribution >= 0.6 is 31.7 Å². The monoisotopic (exact) mass is 1290 g/mol. The molecule has 8 aromatic carbocycles. The van der Waals surface area contributed by atoms with Crippen molar-refractivity contribution >= 4 is 96.0 Å². The number of halogens is 2. The molecule has 0 nitrogen and oxygen atoms in total. The van der Waals surface area contributed by atoms with Crippen LogP contribution < -0.4 is 46.0 Å². The number of hydrogen-bond acceptors (Lipinski definition) is 0. The Balaban J connectivity index is 0.000000498. The van der Waals surface area contributed by atoms with Crippen molar-refractivity contribution in [2.75, 3.05) is 0 Å². The standard InChI is InChI=1S/4C17H24P.2ClH.2Zr/c2*1-16(2,3)18(17(4,5)6)15-11-13-9-7-8-10-14(13)12-15;2*1-5-13(3)18(14(4)6-2)17-11-15-9-7-8-10-16(15)12-17;;;;/h2*7-12H,1-6H3;2*7-14H,5-6H2,1-4H3;2*1H;;/q4*-1;;;2*+2/p-2. The average Bonchev–Trinajstić information content (AvgIpc) is 4.12. The second-order valence-corrected chi connectivity index (χ2v) is 38.5. The van der Waals surface area contributed by atoms with E-state index in [0.717, 1.165) is 22.6 Å². The Morgan fingerprint density at radius 2 is 0.513 bits per heavy atom. The summed E-state index contributed by atoms with van der Waals surface area (Å²) in [7, 11) is -0.420. The van der Waals surface area contributed by atoms with Crippen molar-refractivity contribution in [1.29, 1.82) is 0 Å². The van der Waals surface area contributed by atoms with E-state index >= 15 is 0 Å². The Hall–Kier alpha value is -0.614. The van der Waals surface area contributed by atoms with Gasteiger partial charge in [-0.1, -0.05) is 194 Å². The van der Waals surface area contributed by atoms with Crippen LogP contribution in [0, 0.1) is 0 Å². The van der Waals surface area contributed by atoms with Crippen molar-refractivity contribution in [2.45, 2.75) is 207 Å². The molecule has 4 unspecified atom stereocenters. The van der Waals surface area contributed by atoms with Gasteiger partial charge >= 0.3 is 52.4 Å². The van der Waals surface area contributed by atoms with Crippen LogP contribution in [0.5, 0.6) is 0 Å². The molecule has 0 amide bonds. The fraction of sp³-hybridized carbons (Fsp3) is 0.471. The molecule has 0 N–H and O–H groups in total. The molecule has 0 aromatic heterocycles. The van der Waals surface area contributed by atoms with Crippen LogP contribution in [0.1, 0.15) is 164 Å². The largest absolute Gasteiger partial charge is 2.00 e. The van der Waals surface area contributed by atoms with E-state index in [1.54, 1.807) is 21.2 Å². The van der Waals surface area contributed by atoms with Crippen molar-refractivity contribution in [1.82, 2.24) is 0 Å². The Morgan fingerprint density at radius 3 is 0.697 bits per heavy atom. The Morgan fingerprint density at radius 1 is 0.329 bits per heavy atom. The second kappa shape index (κ2) is 32.3. The van der Waals surface area contributed by atoms with E-state index in [0.29, 0.717) is 20.6 Å². The first-order valence-electron chi connectivity index (χ1n) is 27.5. The maximum absolute atomic E-state index is 2.43. The first-order chi connectivity index (χ1) is 33.7. The van der Waals surface area contributed by atoms with Gasteiger partial charge in [0.1, 0.15) is 0 Å². The first kappa shape index (κ1) is 73.4. The molecule has 8 heteroatoms. The van der Waals surface area contributed by atoms with Crippen molar-refractivity contribution in [3.05, 3.63) is 146 Å². The minimum absolute atomic E-state index is 0. The molecule has 4 atom stereocenters. The summed E-state index contributed by atoms with van der Waals surface area (Å²) < 4.78 is 0. The molecule has 0 spiro atoms. The topological polar surface area (TPSA) is 0 Å². The van der Waals surface area contributed by atoms with Gasteiger partial charge < -0.3 is 24.8 Å². The SMILES string of the molecule is CC(C)(C)P(c1cc2ccccc2[cH-]1)C(C)(C)C.CC(C)(C)P(c1cc2ccccc2[cH-]1)C(C)(C)C.CCC(C)P(c1cc2ccccc2[cH-]1)C(C)CC.CCC(C)P(c1cc2ccccc2[cH-]1)C(C)CC.[Cl-].[Cl-].[Zr+2].[Zr+2]. The number of benzene rings is 4. The van der Waals surface area contributed by atoms with Crippen LogP contribution in [0.4, 0.5) is 0 Å². The van der Waals surface area contributed by atoms with E-state index in [4.69, 9.17) is 0 Å². The van der Waals surface area contributed by atoms with Crippen molar-refractivity contribution in [3.8, 4) is 0 Å². The summed E-state index contributed by atoms with van der Waals surface area (Å²) in [5.41, 5.74) is 3.30. The third-order valence-electron chi connectivity index (χ3n) is 14.5. The molecule has 8 rings (SSSR count). The minimum atomic E-state index is -0.185. The third-order valence-corrected chi connectivity index (χ3v) is 28.4. The van der Waals surface area contributed by atoms with Gasteiger partial charge in [0.2, 0.25) is 0 Å². The average molecular weight is 1290 g/mol. The molecule has 0 heterocycles. The summed E-state index contributed by atoms with van der Waals surface area (Å²) in [6, 6.07) is 54.2. The van der Waals surface area contributed by atoms with Crippen LogP contribution in [-0.4, -0.2) is 43.3 Å². The molecule has 8 aromatic rings. The summed E-state index contributed by atoms with van der Waals surface area (Å²) in [6.45, 7) is 47.5. The summed E-state index contributed by atoms with van der Waals surface area (Å²) in [5, 5.41) is 18.9. The van der Waals surface area contributed by atoms with E-state index in [9.17, 15) is 0 Å². The van der Waals surface area contributed by atoms with Gasteiger partial charge in [0.25, 0.3) is 0 Å². The van der Waals surface area contributed by atoms with Gasteiger partial charge in [-0.15, -0.1) is 161 Å². The van der Waals surface area contributed by atoms with Gasteiger partial charge in [-0.25, -0.2) is 0 Å². The molecular weight excluding hydrogens is 1190 g/mol. The van der Waals surface area contributed by atoms with Gasteiger partial charge in [0.05, 0.1) is 0 Å². The molecule has 0 saturated heterocycles. The summed E-state index contributed by atoms with van der Waals surface area (Å²) >= 11 is 0. The number of rotatable bonds is 12. The first-order valence-corrected chi connectivity index (χ1v) is 33.2. The fourth-order valence-electron chi connectivity index (χ4n) is 11.3. The number of fused-ring (bicyclic) bond motifs is 4. The van der Waals surface area contributed by atoms with Gasteiger partial charge in [0.15, 0.2) is 0 Å². The summed E-state index contributed by atoms with van der Waals surface area (Å²) in [6.07, 6.45) is 5.16. The Kier molecular flexibility index (Phi) is 31.2. The molecule has 0 aliphatic carbocycles.